The van der Waals surface area contributed by atoms with Crippen LogP contribution in [0.1, 0.15) is 49.9 Å². The van der Waals surface area contributed by atoms with Gasteiger partial charge in [-0.1, -0.05) is 27.5 Å². The van der Waals surface area contributed by atoms with Crippen molar-refractivity contribution in [3.05, 3.63) is 32.9 Å². The van der Waals surface area contributed by atoms with Crippen molar-refractivity contribution < 1.29 is 0 Å². The van der Waals surface area contributed by atoms with E-state index in [1.165, 1.54) is 32.1 Å². The van der Waals surface area contributed by atoms with Gasteiger partial charge in [0, 0.05) is 16.4 Å². The standard InChI is InChI=1S/C17H17BrClN3/c18-11-6-13(19)15-14(7-11)21-17-10-2-8-1-9(3-10)5-12(4-8)22(17)16(15)20/h6-10,12,20H,1-5H2. The molecular formula is C17H17BrClN3. The highest BCUT2D eigenvalue weighted by Gasteiger charge is 2.43. The summed E-state index contributed by atoms with van der Waals surface area (Å²) in [6.07, 6.45) is 6.34. The molecule has 1 aromatic carbocycles. The molecule has 2 aliphatic heterocycles. The number of nitrogens with zero attached hydrogens (tertiary/aromatic N) is 2. The van der Waals surface area contributed by atoms with Crippen molar-refractivity contribution >= 4 is 38.4 Å². The van der Waals surface area contributed by atoms with Gasteiger partial charge in [0.05, 0.1) is 15.9 Å². The van der Waals surface area contributed by atoms with E-state index in [0.29, 0.717) is 22.5 Å². The fourth-order valence-electron chi connectivity index (χ4n) is 5.19. The molecule has 1 aromatic heterocycles. The number of rotatable bonds is 0. The Morgan fingerprint density at radius 2 is 1.86 bits per heavy atom. The van der Waals surface area contributed by atoms with Crippen LogP contribution in [-0.4, -0.2) is 9.55 Å². The number of fused-ring (bicyclic) bond motifs is 1. The number of benzene rings is 1. The molecule has 2 aliphatic carbocycles. The lowest BCUT2D eigenvalue weighted by Gasteiger charge is -2.37. The second-order valence-corrected chi connectivity index (χ2v) is 8.55. The summed E-state index contributed by atoms with van der Waals surface area (Å²) >= 11 is 9.93. The first-order chi connectivity index (χ1) is 10.6. The Kier molecular flexibility index (Phi) is 2.82. The Bertz CT molecular complexity index is 845. The summed E-state index contributed by atoms with van der Waals surface area (Å²) < 4.78 is 3.16. The lowest BCUT2D eigenvalue weighted by Crippen LogP contribution is -2.31. The van der Waals surface area contributed by atoms with Crippen LogP contribution in [0.5, 0.6) is 0 Å². The molecule has 22 heavy (non-hydrogen) atoms. The summed E-state index contributed by atoms with van der Waals surface area (Å²) in [5, 5.41) is 10.2. The van der Waals surface area contributed by atoms with E-state index in [1.54, 1.807) is 0 Å². The molecule has 2 saturated carbocycles. The third-order valence-electron chi connectivity index (χ3n) is 5.84. The summed E-state index contributed by atoms with van der Waals surface area (Å²) in [5.41, 5.74) is 1.42. The summed E-state index contributed by atoms with van der Waals surface area (Å²) in [6, 6.07) is 4.32. The van der Waals surface area contributed by atoms with E-state index in [2.05, 4.69) is 20.5 Å². The van der Waals surface area contributed by atoms with Gasteiger partial charge in [0.15, 0.2) is 0 Å². The highest BCUT2D eigenvalue weighted by atomic mass is 79.9. The number of nitrogens with one attached hydrogen (secondary N) is 1. The zero-order valence-corrected chi connectivity index (χ0v) is 14.5. The van der Waals surface area contributed by atoms with Crippen molar-refractivity contribution in [3.63, 3.8) is 0 Å². The van der Waals surface area contributed by atoms with Gasteiger partial charge < -0.3 is 4.57 Å². The van der Waals surface area contributed by atoms with E-state index in [1.807, 2.05) is 12.1 Å². The molecular weight excluding hydrogens is 362 g/mol. The predicted octanol–water partition coefficient (Wildman–Crippen LogP) is 4.78. The van der Waals surface area contributed by atoms with Crippen LogP contribution in [0.4, 0.5) is 0 Å². The zero-order chi connectivity index (χ0) is 15.0. The smallest absolute Gasteiger partial charge is 0.137 e. The van der Waals surface area contributed by atoms with E-state index < -0.39 is 0 Å². The van der Waals surface area contributed by atoms with Crippen LogP contribution < -0.4 is 5.49 Å². The van der Waals surface area contributed by atoms with Gasteiger partial charge in [0.2, 0.25) is 0 Å². The van der Waals surface area contributed by atoms with Crippen molar-refractivity contribution in [2.24, 2.45) is 11.8 Å². The van der Waals surface area contributed by atoms with Gasteiger partial charge in [-0.25, -0.2) is 4.98 Å². The molecule has 3 nitrogen and oxygen atoms in total. The third kappa shape index (κ3) is 1.80. The molecule has 2 atom stereocenters. The summed E-state index contributed by atoms with van der Waals surface area (Å²) in [5.74, 6) is 3.33. The van der Waals surface area contributed by atoms with Gasteiger partial charge >= 0.3 is 0 Å². The van der Waals surface area contributed by atoms with Crippen molar-refractivity contribution in [1.82, 2.24) is 9.55 Å². The first-order valence-electron chi connectivity index (χ1n) is 8.06. The SMILES string of the molecule is N=c1c2c(Cl)cc(Br)cc2nc2n1C1CC3CC(CC2C3)C1. The van der Waals surface area contributed by atoms with Gasteiger partial charge in [-0.15, -0.1) is 0 Å². The minimum absolute atomic E-state index is 0.454. The molecule has 114 valence electrons. The predicted molar refractivity (Wildman–Crippen MR) is 90.1 cm³/mol. The van der Waals surface area contributed by atoms with Crippen molar-refractivity contribution in [3.8, 4) is 0 Å². The molecule has 2 aromatic rings. The maximum absolute atomic E-state index is 8.78. The van der Waals surface area contributed by atoms with E-state index in [9.17, 15) is 0 Å². The lowest BCUT2D eigenvalue weighted by atomic mass is 9.68. The van der Waals surface area contributed by atoms with Gasteiger partial charge in [-0.2, -0.15) is 0 Å². The molecule has 4 bridgehead atoms. The number of aromatic nitrogens is 2. The van der Waals surface area contributed by atoms with Crippen molar-refractivity contribution in [1.29, 1.82) is 5.41 Å². The van der Waals surface area contributed by atoms with Crippen molar-refractivity contribution in [2.75, 3.05) is 0 Å². The maximum atomic E-state index is 8.78. The molecule has 6 rings (SSSR count). The van der Waals surface area contributed by atoms with Gasteiger partial charge in [-0.05, 0) is 56.1 Å². The normalized spacial score (nSPS) is 32.3. The summed E-state index contributed by atoms with van der Waals surface area (Å²) in [4.78, 5) is 4.98. The maximum Gasteiger partial charge on any atom is 0.137 e. The van der Waals surface area contributed by atoms with Crippen LogP contribution in [0.2, 0.25) is 5.02 Å². The summed E-state index contributed by atoms with van der Waals surface area (Å²) in [7, 11) is 0. The van der Waals surface area contributed by atoms with E-state index in [0.717, 1.165) is 33.0 Å². The minimum Gasteiger partial charge on any atom is -0.311 e. The van der Waals surface area contributed by atoms with Crippen LogP contribution in [0, 0.1) is 17.2 Å². The Labute approximate surface area is 142 Å². The quantitative estimate of drug-likeness (QED) is 0.704. The average Bonchev–Trinajstić information content (AvgIpc) is 2.60. The van der Waals surface area contributed by atoms with E-state index in [-0.39, 0.29) is 0 Å². The van der Waals surface area contributed by atoms with Crippen LogP contribution in [0.3, 0.4) is 0 Å². The van der Waals surface area contributed by atoms with Crippen LogP contribution in [-0.2, 0) is 0 Å². The van der Waals surface area contributed by atoms with E-state index >= 15 is 0 Å². The highest BCUT2D eigenvalue weighted by molar-refractivity contribution is 9.10. The molecule has 1 N–H and O–H groups in total. The van der Waals surface area contributed by atoms with Crippen LogP contribution >= 0.6 is 27.5 Å². The Balaban J connectivity index is 1.87. The zero-order valence-electron chi connectivity index (χ0n) is 12.1. The van der Waals surface area contributed by atoms with Gasteiger partial charge in [0.25, 0.3) is 0 Å². The Hall–Kier alpha value is -0.870. The molecule has 0 radical (unpaired) electrons. The monoisotopic (exact) mass is 377 g/mol. The van der Waals surface area contributed by atoms with Gasteiger partial charge in [0.1, 0.15) is 11.3 Å². The highest BCUT2D eigenvalue weighted by Crippen LogP contribution is 2.52. The second kappa shape index (κ2) is 4.57. The minimum atomic E-state index is 0.454. The first-order valence-corrected chi connectivity index (χ1v) is 9.23. The molecule has 0 saturated heterocycles. The van der Waals surface area contributed by atoms with Crippen LogP contribution in [0.25, 0.3) is 10.9 Å². The Morgan fingerprint density at radius 1 is 1.14 bits per heavy atom. The third-order valence-corrected chi connectivity index (χ3v) is 6.59. The fourth-order valence-corrected chi connectivity index (χ4v) is 6.07. The van der Waals surface area contributed by atoms with Crippen molar-refractivity contribution in [2.45, 2.75) is 44.1 Å². The molecule has 0 amide bonds. The summed E-state index contributed by atoms with van der Waals surface area (Å²) in [6.45, 7) is 0. The fraction of sp³-hybridized carbons (Fsp3) is 0.529. The molecule has 3 heterocycles. The number of hydrogen-bond donors (Lipinski definition) is 1. The second-order valence-electron chi connectivity index (χ2n) is 7.23. The van der Waals surface area contributed by atoms with Gasteiger partial charge in [-0.3, -0.25) is 5.41 Å². The first kappa shape index (κ1) is 13.6. The largest absolute Gasteiger partial charge is 0.311 e. The number of halogens is 2. The molecule has 4 aliphatic rings. The molecule has 0 spiro atoms. The Morgan fingerprint density at radius 3 is 2.59 bits per heavy atom. The van der Waals surface area contributed by atoms with E-state index in [4.69, 9.17) is 22.0 Å². The molecule has 2 fully saturated rings. The molecule has 5 heteroatoms. The topological polar surface area (TPSA) is 41.7 Å². The average molecular weight is 379 g/mol. The molecule has 2 unspecified atom stereocenters. The lowest BCUT2D eigenvalue weighted by molar-refractivity contribution is 0.150. The van der Waals surface area contributed by atoms with Crippen LogP contribution in [0.15, 0.2) is 16.6 Å². The number of hydrogen-bond acceptors (Lipinski definition) is 2.